The summed E-state index contributed by atoms with van der Waals surface area (Å²) in [5.74, 6) is -0.532. The quantitative estimate of drug-likeness (QED) is 0.453. The Labute approximate surface area is 172 Å². The second-order valence-corrected chi connectivity index (χ2v) is 8.98. The van der Waals surface area contributed by atoms with Crippen LogP contribution in [0.1, 0.15) is 5.56 Å². The molecule has 3 aromatic rings. The molecule has 0 heterocycles. The highest BCUT2D eigenvalue weighted by Gasteiger charge is 2.23. The van der Waals surface area contributed by atoms with E-state index < -0.39 is 15.9 Å². The molecule has 6 nitrogen and oxygen atoms in total. The van der Waals surface area contributed by atoms with Crippen molar-refractivity contribution in [1.82, 2.24) is 9.73 Å². The first-order valence-corrected chi connectivity index (χ1v) is 10.6. The number of nitrogens with zero attached hydrogens (tertiary/aromatic N) is 2. The van der Waals surface area contributed by atoms with Gasteiger partial charge in [0, 0.05) is 17.1 Å². The third-order valence-electron chi connectivity index (χ3n) is 4.09. The standard InChI is InChI=1S/C20H18BrN3O3S/c1-24(14-20(25)23-22-13-17-8-4-5-9-19(17)21)28(26,27)18-11-10-15-6-2-3-7-16(15)12-18/h2-13H,14H2,1H3,(H,23,25)/b22-13+. The van der Waals surface area contributed by atoms with E-state index in [9.17, 15) is 13.2 Å². The van der Waals surface area contributed by atoms with Crippen molar-refractivity contribution in [2.24, 2.45) is 5.10 Å². The minimum Gasteiger partial charge on any atom is -0.272 e. The minimum absolute atomic E-state index is 0.137. The van der Waals surface area contributed by atoms with Crippen LogP contribution in [-0.2, 0) is 14.8 Å². The molecule has 0 spiro atoms. The van der Waals surface area contributed by atoms with Crippen molar-refractivity contribution in [3.8, 4) is 0 Å². The molecule has 0 aromatic heterocycles. The number of rotatable bonds is 6. The van der Waals surface area contributed by atoms with E-state index >= 15 is 0 Å². The molecule has 0 radical (unpaired) electrons. The summed E-state index contributed by atoms with van der Waals surface area (Å²) in [4.78, 5) is 12.2. The molecule has 0 saturated heterocycles. The fourth-order valence-corrected chi connectivity index (χ4v) is 4.13. The van der Waals surface area contributed by atoms with Gasteiger partial charge in [0.2, 0.25) is 10.0 Å². The minimum atomic E-state index is -3.80. The molecule has 0 bridgehead atoms. The lowest BCUT2D eigenvalue weighted by Gasteiger charge is -2.16. The summed E-state index contributed by atoms with van der Waals surface area (Å²) >= 11 is 3.38. The second-order valence-electron chi connectivity index (χ2n) is 6.08. The molecule has 1 amide bonds. The number of benzene rings is 3. The molecule has 0 atom stereocenters. The molecule has 3 rings (SSSR count). The zero-order valence-corrected chi connectivity index (χ0v) is 17.4. The van der Waals surface area contributed by atoms with E-state index in [1.54, 1.807) is 12.1 Å². The summed E-state index contributed by atoms with van der Waals surface area (Å²) in [5.41, 5.74) is 3.14. The van der Waals surface area contributed by atoms with Crippen molar-refractivity contribution in [2.75, 3.05) is 13.6 Å². The van der Waals surface area contributed by atoms with Gasteiger partial charge in [0.15, 0.2) is 0 Å². The molecule has 0 fully saturated rings. The van der Waals surface area contributed by atoms with Crippen LogP contribution in [0.25, 0.3) is 10.8 Å². The van der Waals surface area contributed by atoms with Gasteiger partial charge in [0.05, 0.1) is 17.7 Å². The van der Waals surface area contributed by atoms with E-state index in [0.717, 1.165) is 25.1 Å². The first-order valence-electron chi connectivity index (χ1n) is 8.39. The lowest BCUT2D eigenvalue weighted by Crippen LogP contribution is -2.36. The maximum Gasteiger partial charge on any atom is 0.255 e. The average Bonchev–Trinajstić information content (AvgIpc) is 2.69. The number of hydrogen-bond donors (Lipinski definition) is 1. The van der Waals surface area contributed by atoms with E-state index in [2.05, 4.69) is 26.5 Å². The fraction of sp³-hybridized carbons (Fsp3) is 0.100. The molecule has 0 aliphatic heterocycles. The number of likely N-dealkylation sites (N-methyl/N-ethyl adjacent to an activating group) is 1. The Hall–Kier alpha value is -2.55. The summed E-state index contributed by atoms with van der Waals surface area (Å²) < 4.78 is 27.3. The first-order chi connectivity index (χ1) is 13.4. The topological polar surface area (TPSA) is 78.8 Å². The molecule has 8 heteroatoms. The summed E-state index contributed by atoms with van der Waals surface area (Å²) in [6.07, 6.45) is 1.49. The average molecular weight is 460 g/mol. The molecule has 0 unspecified atom stereocenters. The van der Waals surface area contributed by atoms with Crippen molar-refractivity contribution in [1.29, 1.82) is 0 Å². The molecule has 0 aliphatic rings. The summed E-state index contributed by atoms with van der Waals surface area (Å²) in [7, 11) is -2.43. The third kappa shape index (κ3) is 4.64. The van der Waals surface area contributed by atoms with Crippen LogP contribution in [0.3, 0.4) is 0 Å². The molecule has 144 valence electrons. The zero-order chi connectivity index (χ0) is 20.1. The maximum atomic E-state index is 12.8. The fourth-order valence-electron chi connectivity index (χ4n) is 2.58. The van der Waals surface area contributed by atoms with Crippen LogP contribution < -0.4 is 5.43 Å². The van der Waals surface area contributed by atoms with E-state index in [-0.39, 0.29) is 11.4 Å². The SMILES string of the molecule is CN(CC(=O)N/N=C/c1ccccc1Br)S(=O)(=O)c1ccc2ccccc2c1. The molecule has 28 heavy (non-hydrogen) atoms. The van der Waals surface area contributed by atoms with Crippen molar-refractivity contribution >= 4 is 48.8 Å². The number of hydrazone groups is 1. The predicted octanol–water partition coefficient (Wildman–Crippen LogP) is 3.37. The Bertz CT molecular complexity index is 1150. The van der Waals surface area contributed by atoms with Gasteiger partial charge in [0.25, 0.3) is 5.91 Å². The third-order valence-corrected chi connectivity index (χ3v) is 6.62. The summed E-state index contributed by atoms with van der Waals surface area (Å²) in [6, 6.07) is 19.8. The lowest BCUT2D eigenvalue weighted by molar-refractivity contribution is -0.121. The van der Waals surface area contributed by atoms with Crippen molar-refractivity contribution < 1.29 is 13.2 Å². The summed E-state index contributed by atoms with van der Waals surface area (Å²) in [6.45, 7) is -0.345. The van der Waals surface area contributed by atoms with Gasteiger partial charge in [-0.05, 0) is 29.0 Å². The van der Waals surface area contributed by atoms with Gasteiger partial charge >= 0.3 is 0 Å². The van der Waals surface area contributed by atoms with E-state index in [1.807, 2.05) is 48.5 Å². The largest absolute Gasteiger partial charge is 0.272 e. The van der Waals surface area contributed by atoms with Gasteiger partial charge in [-0.3, -0.25) is 4.79 Å². The molecular formula is C20H18BrN3O3S. The van der Waals surface area contributed by atoms with Gasteiger partial charge in [-0.1, -0.05) is 64.5 Å². The number of sulfonamides is 1. The van der Waals surface area contributed by atoms with Crippen LogP contribution >= 0.6 is 15.9 Å². The van der Waals surface area contributed by atoms with Crippen molar-refractivity contribution in [3.05, 3.63) is 76.8 Å². The number of carbonyl (C=O) groups is 1. The number of amides is 1. The Morgan fingerprint density at radius 1 is 1.07 bits per heavy atom. The Kier molecular flexibility index (Phi) is 6.23. The van der Waals surface area contributed by atoms with Crippen LogP contribution in [0.2, 0.25) is 0 Å². The lowest BCUT2D eigenvalue weighted by atomic mass is 10.1. The van der Waals surface area contributed by atoms with Crippen molar-refractivity contribution in [3.63, 3.8) is 0 Å². The second kappa shape index (κ2) is 8.64. The molecule has 3 aromatic carbocycles. The van der Waals surface area contributed by atoms with Gasteiger partial charge in [-0.25, -0.2) is 13.8 Å². The highest BCUT2D eigenvalue weighted by atomic mass is 79.9. The summed E-state index contributed by atoms with van der Waals surface area (Å²) in [5, 5.41) is 5.64. The van der Waals surface area contributed by atoms with Crippen molar-refractivity contribution in [2.45, 2.75) is 4.90 Å². The normalized spacial score (nSPS) is 12.0. The maximum absolute atomic E-state index is 12.8. The molecule has 1 N–H and O–H groups in total. The predicted molar refractivity (Wildman–Crippen MR) is 114 cm³/mol. The van der Waals surface area contributed by atoms with Crippen LogP contribution in [-0.4, -0.2) is 38.4 Å². The van der Waals surface area contributed by atoms with Crippen LogP contribution in [0.5, 0.6) is 0 Å². The number of nitrogens with one attached hydrogen (secondary N) is 1. The number of hydrogen-bond acceptors (Lipinski definition) is 4. The van der Waals surface area contributed by atoms with Crippen LogP contribution in [0.4, 0.5) is 0 Å². The number of fused-ring (bicyclic) bond motifs is 1. The monoisotopic (exact) mass is 459 g/mol. The molecule has 0 aliphatic carbocycles. The highest BCUT2D eigenvalue weighted by molar-refractivity contribution is 9.10. The number of carbonyl (C=O) groups excluding carboxylic acids is 1. The zero-order valence-electron chi connectivity index (χ0n) is 15.0. The Balaban J connectivity index is 1.67. The number of halogens is 1. The Morgan fingerprint density at radius 2 is 1.75 bits per heavy atom. The van der Waals surface area contributed by atoms with E-state index in [0.29, 0.717) is 0 Å². The Morgan fingerprint density at radius 3 is 2.50 bits per heavy atom. The van der Waals surface area contributed by atoms with Gasteiger partial charge in [-0.2, -0.15) is 9.41 Å². The van der Waals surface area contributed by atoms with Crippen LogP contribution in [0.15, 0.2) is 81.2 Å². The molecule has 0 saturated carbocycles. The van der Waals surface area contributed by atoms with E-state index in [1.165, 1.54) is 19.3 Å². The highest BCUT2D eigenvalue weighted by Crippen LogP contribution is 2.21. The van der Waals surface area contributed by atoms with Gasteiger partial charge < -0.3 is 0 Å². The first kappa shape index (κ1) is 20.2. The molecular weight excluding hydrogens is 442 g/mol. The van der Waals surface area contributed by atoms with Gasteiger partial charge in [0.1, 0.15) is 0 Å². The smallest absolute Gasteiger partial charge is 0.255 e. The van der Waals surface area contributed by atoms with Crippen LogP contribution in [0, 0.1) is 0 Å². The van der Waals surface area contributed by atoms with Gasteiger partial charge in [-0.15, -0.1) is 0 Å². The van der Waals surface area contributed by atoms with E-state index in [4.69, 9.17) is 0 Å².